The number of methoxy groups -OCH3 is 1. The Hall–Kier alpha value is -4.66. The third-order valence-electron chi connectivity index (χ3n) is 6.66. The van der Waals surface area contributed by atoms with Crippen molar-refractivity contribution in [1.29, 1.82) is 5.26 Å². The van der Waals surface area contributed by atoms with Gasteiger partial charge in [0.2, 0.25) is 5.91 Å². The van der Waals surface area contributed by atoms with Gasteiger partial charge in [0.1, 0.15) is 17.4 Å². The molecule has 0 fully saturated rings. The first-order chi connectivity index (χ1) is 19.2. The zero-order chi connectivity index (χ0) is 29.0. The summed E-state index contributed by atoms with van der Waals surface area (Å²) in [5.74, 6) is -1.46. The van der Waals surface area contributed by atoms with E-state index in [0.717, 1.165) is 0 Å². The van der Waals surface area contributed by atoms with E-state index in [4.69, 9.17) is 27.8 Å². The molecule has 0 saturated heterocycles. The second-order valence-corrected chi connectivity index (χ2v) is 9.70. The molecule has 40 heavy (non-hydrogen) atoms. The Morgan fingerprint density at radius 2 is 2.00 bits per heavy atom. The van der Waals surface area contributed by atoms with Crippen LogP contribution in [-0.2, 0) is 4.79 Å². The quantitative estimate of drug-likeness (QED) is 0.266. The van der Waals surface area contributed by atoms with Crippen molar-refractivity contribution in [3.8, 4) is 22.9 Å². The molecule has 4 rings (SSSR count). The third-order valence-corrected chi connectivity index (χ3v) is 6.89. The maximum absolute atomic E-state index is 13.8. The van der Waals surface area contributed by atoms with Gasteiger partial charge in [0.15, 0.2) is 5.82 Å². The average molecular weight is 562 g/mol. The molecule has 206 valence electrons. The number of primary amides is 1. The molecular formula is C28H28ClN7O4. The smallest absolute Gasteiger partial charge is 0.254 e. The second kappa shape index (κ2) is 12.0. The standard InChI is InChI=1S/C28H28ClN7O4/c1-16(6-5-10-30)25(28(39)33-27-24(26(32)38)21-7-3-4-11-36(21)34-27)35-15-22(40-2)20(13-23(35)37)19-12-18(29)9-8-17(19)14-31/h3-4,7-9,11-13,15-16,25H,5-6,10,30H2,1-2H3,(H2,32,38)(H,33,34,39)/t16?,25-/m0/s1. The molecule has 0 saturated carbocycles. The summed E-state index contributed by atoms with van der Waals surface area (Å²) in [5.41, 5.74) is 12.4. The summed E-state index contributed by atoms with van der Waals surface area (Å²) >= 11 is 6.18. The number of aromatic nitrogens is 3. The van der Waals surface area contributed by atoms with Gasteiger partial charge >= 0.3 is 0 Å². The van der Waals surface area contributed by atoms with Crippen LogP contribution in [-0.4, -0.2) is 39.7 Å². The molecule has 0 bridgehead atoms. The average Bonchev–Trinajstić information content (AvgIpc) is 3.30. The Morgan fingerprint density at radius 1 is 1.23 bits per heavy atom. The van der Waals surface area contributed by atoms with Gasteiger partial charge in [0, 0.05) is 28.4 Å². The van der Waals surface area contributed by atoms with Gasteiger partial charge in [-0.05, 0) is 55.6 Å². The first-order valence-electron chi connectivity index (χ1n) is 12.5. The highest BCUT2D eigenvalue weighted by atomic mass is 35.5. The number of nitriles is 1. The molecule has 0 radical (unpaired) electrons. The highest BCUT2D eigenvalue weighted by molar-refractivity contribution is 6.31. The third kappa shape index (κ3) is 5.54. The van der Waals surface area contributed by atoms with E-state index in [9.17, 15) is 19.6 Å². The van der Waals surface area contributed by atoms with Crippen molar-refractivity contribution in [3.05, 3.63) is 81.4 Å². The molecule has 2 atom stereocenters. The SMILES string of the molecule is COc1cn([C@H](C(=O)Nc2nn3ccccc3c2C(N)=O)C(C)CCCN)c(=O)cc1-c1cc(Cl)ccc1C#N. The van der Waals surface area contributed by atoms with Crippen molar-refractivity contribution in [3.63, 3.8) is 0 Å². The van der Waals surface area contributed by atoms with Gasteiger partial charge < -0.3 is 21.5 Å². The van der Waals surface area contributed by atoms with Gasteiger partial charge in [-0.1, -0.05) is 24.6 Å². The van der Waals surface area contributed by atoms with Crippen LogP contribution in [0.25, 0.3) is 16.6 Å². The monoisotopic (exact) mass is 561 g/mol. The van der Waals surface area contributed by atoms with Crippen LogP contribution in [0.2, 0.25) is 5.02 Å². The molecular weight excluding hydrogens is 534 g/mol. The summed E-state index contributed by atoms with van der Waals surface area (Å²) < 4.78 is 8.30. The molecule has 0 aliphatic carbocycles. The maximum atomic E-state index is 13.8. The largest absolute Gasteiger partial charge is 0.495 e. The lowest BCUT2D eigenvalue weighted by Gasteiger charge is -2.26. The van der Waals surface area contributed by atoms with E-state index in [1.54, 1.807) is 42.6 Å². The lowest BCUT2D eigenvalue weighted by Crippen LogP contribution is -2.37. The van der Waals surface area contributed by atoms with Gasteiger partial charge in [-0.25, -0.2) is 4.52 Å². The minimum absolute atomic E-state index is 0.0195. The molecule has 12 heteroatoms. The fraction of sp³-hybridized carbons (Fsp3) is 0.250. The van der Waals surface area contributed by atoms with Crippen LogP contribution in [0.5, 0.6) is 5.75 Å². The van der Waals surface area contributed by atoms with E-state index in [1.165, 1.54) is 28.5 Å². The Bertz CT molecular complexity index is 1690. The van der Waals surface area contributed by atoms with Crippen LogP contribution in [0.3, 0.4) is 0 Å². The zero-order valence-corrected chi connectivity index (χ0v) is 22.7. The van der Waals surface area contributed by atoms with E-state index in [-0.39, 0.29) is 23.0 Å². The number of nitrogens with zero attached hydrogens (tertiary/aromatic N) is 4. The van der Waals surface area contributed by atoms with Crippen LogP contribution in [0.1, 0.15) is 41.7 Å². The summed E-state index contributed by atoms with van der Waals surface area (Å²) in [7, 11) is 1.42. The fourth-order valence-corrected chi connectivity index (χ4v) is 4.90. The van der Waals surface area contributed by atoms with Gasteiger partial charge in [-0.15, -0.1) is 5.10 Å². The van der Waals surface area contributed by atoms with Crippen molar-refractivity contribution < 1.29 is 14.3 Å². The number of halogens is 1. The lowest BCUT2D eigenvalue weighted by molar-refractivity contribution is -0.120. The summed E-state index contributed by atoms with van der Waals surface area (Å²) in [4.78, 5) is 39.6. The molecule has 2 amide bonds. The van der Waals surface area contributed by atoms with E-state index in [1.807, 2.05) is 6.92 Å². The molecule has 3 aromatic heterocycles. The normalized spacial score (nSPS) is 12.5. The van der Waals surface area contributed by atoms with Crippen LogP contribution in [0.4, 0.5) is 5.82 Å². The van der Waals surface area contributed by atoms with E-state index in [0.29, 0.717) is 46.6 Å². The predicted octanol–water partition coefficient (Wildman–Crippen LogP) is 3.35. The minimum atomic E-state index is -1.03. The number of amides is 2. The zero-order valence-electron chi connectivity index (χ0n) is 21.9. The highest BCUT2D eigenvalue weighted by Gasteiger charge is 2.31. The number of nitrogens with two attached hydrogens (primary N) is 2. The summed E-state index contributed by atoms with van der Waals surface area (Å²) in [6.45, 7) is 2.23. The molecule has 3 heterocycles. The number of benzene rings is 1. The number of pyridine rings is 2. The molecule has 1 unspecified atom stereocenters. The number of hydrogen-bond donors (Lipinski definition) is 3. The number of anilines is 1. The Balaban J connectivity index is 1.83. The summed E-state index contributed by atoms with van der Waals surface area (Å²) in [6.07, 6.45) is 4.20. The summed E-state index contributed by atoms with van der Waals surface area (Å²) in [6, 6.07) is 12.2. The maximum Gasteiger partial charge on any atom is 0.254 e. The number of fused-ring (bicyclic) bond motifs is 1. The van der Waals surface area contributed by atoms with Crippen molar-refractivity contribution in [1.82, 2.24) is 14.2 Å². The van der Waals surface area contributed by atoms with Crippen molar-refractivity contribution in [2.75, 3.05) is 19.0 Å². The fourth-order valence-electron chi connectivity index (χ4n) is 4.73. The topological polar surface area (TPSA) is 171 Å². The number of nitrogens with one attached hydrogen (secondary N) is 1. The van der Waals surface area contributed by atoms with E-state index < -0.39 is 23.4 Å². The van der Waals surface area contributed by atoms with E-state index >= 15 is 0 Å². The number of carbonyl (C=O) groups excluding carboxylic acids is 2. The Kier molecular flexibility index (Phi) is 8.52. The Morgan fingerprint density at radius 3 is 2.67 bits per heavy atom. The van der Waals surface area contributed by atoms with Gasteiger partial charge in [-0.3, -0.25) is 19.0 Å². The number of carbonyl (C=O) groups is 2. The van der Waals surface area contributed by atoms with Crippen LogP contribution >= 0.6 is 11.6 Å². The second-order valence-electron chi connectivity index (χ2n) is 9.26. The van der Waals surface area contributed by atoms with Crippen molar-refractivity contribution in [2.24, 2.45) is 17.4 Å². The molecule has 5 N–H and O–H groups in total. The highest BCUT2D eigenvalue weighted by Crippen LogP contribution is 2.34. The van der Waals surface area contributed by atoms with Crippen molar-refractivity contribution in [2.45, 2.75) is 25.8 Å². The number of ether oxygens (including phenoxy) is 1. The lowest BCUT2D eigenvalue weighted by atomic mass is 9.94. The van der Waals surface area contributed by atoms with Gasteiger partial charge in [-0.2, -0.15) is 5.26 Å². The summed E-state index contributed by atoms with van der Waals surface area (Å²) in [5, 5.41) is 17.0. The van der Waals surface area contributed by atoms with E-state index in [2.05, 4.69) is 16.5 Å². The number of rotatable bonds is 10. The van der Waals surface area contributed by atoms with Crippen LogP contribution < -0.4 is 27.1 Å². The van der Waals surface area contributed by atoms with Crippen LogP contribution in [0.15, 0.2) is 59.7 Å². The molecule has 11 nitrogen and oxygen atoms in total. The molecule has 0 aliphatic heterocycles. The van der Waals surface area contributed by atoms with Gasteiger partial charge in [0.05, 0.1) is 30.5 Å². The Labute approximate surface area is 234 Å². The minimum Gasteiger partial charge on any atom is -0.495 e. The first kappa shape index (κ1) is 28.4. The predicted molar refractivity (Wildman–Crippen MR) is 151 cm³/mol. The van der Waals surface area contributed by atoms with Gasteiger partial charge in [0.25, 0.3) is 11.5 Å². The molecule has 0 spiro atoms. The molecule has 1 aromatic carbocycles. The van der Waals surface area contributed by atoms with Crippen molar-refractivity contribution >= 4 is 34.7 Å². The first-order valence-corrected chi connectivity index (χ1v) is 12.9. The number of hydrogen-bond acceptors (Lipinski definition) is 7. The van der Waals surface area contributed by atoms with Crippen LogP contribution in [0, 0.1) is 17.2 Å². The molecule has 0 aliphatic rings. The molecule has 4 aromatic rings.